The number of aromatic nitrogens is 1. The molecule has 1 saturated heterocycles. The summed E-state index contributed by atoms with van der Waals surface area (Å²) >= 11 is 0. The number of piperazine rings is 1. The summed E-state index contributed by atoms with van der Waals surface area (Å²) in [4.78, 5) is 27.3. The fourth-order valence-electron chi connectivity index (χ4n) is 7.72. The van der Waals surface area contributed by atoms with E-state index >= 15 is 0 Å². The lowest BCUT2D eigenvalue weighted by Crippen LogP contribution is -2.64. The molecule has 0 aromatic carbocycles. The highest BCUT2D eigenvalue weighted by Crippen LogP contribution is 2.60. The predicted octanol–water partition coefficient (Wildman–Crippen LogP) is 3.36. The Kier molecular flexibility index (Phi) is 7.05. The second-order valence-corrected chi connectivity index (χ2v) is 11.8. The summed E-state index contributed by atoms with van der Waals surface area (Å²) in [6.07, 6.45) is 3.47. The van der Waals surface area contributed by atoms with Gasteiger partial charge in [-0.15, -0.1) is 0 Å². The Morgan fingerprint density at radius 1 is 1.18 bits per heavy atom. The average Bonchev–Trinajstić information content (AvgIpc) is 2.88. The number of pyridine rings is 1. The smallest absolute Gasteiger partial charge is 0.368 e. The van der Waals surface area contributed by atoms with Gasteiger partial charge in [0.15, 0.2) is 0 Å². The van der Waals surface area contributed by atoms with Gasteiger partial charge in [-0.2, -0.15) is 23.4 Å². The minimum Gasteiger partial charge on any atom is -0.368 e. The van der Waals surface area contributed by atoms with Crippen molar-refractivity contribution in [3.05, 3.63) is 23.9 Å². The lowest BCUT2D eigenvalue weighted by Gasteiger charge is -2.60. The Bertz CT molecular complexity index is 1090. The van der Waals surface area contributed by atoms with Crippen LogP contribution in [0.5, 0.6) is 0 Å². The van der Waals surface area contributed by atoms with E-state index in [4.69, 9.17) is 0 Å². The zero-order chi connectivity index (χ0) is 27.2. The molecule has 1 N–H and O–H groups in total. The van der Waals surface area contributed by atoms with Gasteiger partial charge >= 0.3 is 6.18 Å². The minimum absolute atomic E-state index is 0.105. The Balaban J connectivity index is 1.22. The molecular weight excluding hydrogens is 495 g/mol. The first-order valence-electron chi connectivity index (χ1n) is 13.5. The van der Waals surface area contributed by atoms with E-state index in [0.717, 1.165) is 44.4 Å². The van der Waals surface area contributed by atoms with E-state index in [1.807, 2.05) is 32.1 Å². The summed E-state index contributed by atoms with van der Waals surface area (Å²) in [5.41, 5.74) is -0.988. The van der Waals surface area contributed by atoms with Gasteiger partial charge in [0.05, 0.1) is 17.0 Å². The van der Waals surface area contributed by atoms with Gasteiger partial charge < -0.3 is 15.1 Å². The number of aliphatic imine (C=N–C) groups is 1. The minimum atomic E-state index is -4.40. The lowest BCUT2D eigenvalue weighted by molar-refractivity contribution is -0.157. The van der Waals surface area contributed by atoms with Crippen molar-refractivity contribution in [2.75, 3.05) is 45.2 Å². The maximum Gasteiger partial charge on any atom is 0.417 e. The van der Waals surface area contributed by atoms with Crippen LogP contribution in [0.15, 0.2) is 23.3 Å². The van der Waals surface area contributed by atoms with Gasteiger partial charge in [0, 0.05) is 52.5 Å². The number of alkyl halides is 3. The molecule has 6 rings (SSSR count). The fourth-order valence-corrected chi connectivity index (χ4v) is 7.72. The first kappa shape index (κ1) is 26.7. The third-order valence-electron chi connectivity index (χ3n) is 9.27. The fraction of sp³-hybridized carbons (Fsp3) is 0.704. The summed E-state index contributed by atoms with van der Waals surface area (Å²) in [6, 6.07) is 2.60. The molecule has 0 spiro atoms. The number of amidine groups is 1. The van der Waals surface area contributed by atoms with E-state index in [-0.39, 0.29) is 23.4 Å². The highest BCUT2D eigenvalue weighted by Gasteiger charge is 2.59. The van der Waals surface area contributed by atoms with E-state index in [2.05, 4.69) is 20.2 Å². The third kappa shape index (κ3) is 4.95. The molecule has 8 nitrogen and oxygen atoms in total. The molecular formula is C27H36F3N7O. The largest absolute Gasteiger partial charge is 0.417 e. The van der Waals surface area contributed by atoms with Crippen molar-refractivity contribution >= 4 is 17.6 Å². The van der Waals surface area contributed by atoms with Gasteiger partial charge in [-0.3, -0.25) is 9.69 Å². The van der Waals surface area contributed by atoms with Crippen molar-refractivity contribution in [2.45, 2.75) is 57.3 Å². The maximum absolute atomic E-state index is 13.1. The van der Waals surface area contributed by atoms with Crippen LogP contribution in [0, 0.1) is 34.6 Å². The van der Waals surface area contributed by atoms with Crippen LogP contribution in [0.2, 0.25) is 0 Å². The van der Waals surface area contributed by atoms with Crippen LogP contribution in [0.3, 0.4) is 0 Å². The molecule has 2 unspecified atom stereocenters. The third-order valence-corrected chi connectivity index (χ3v) is 9.27. The Hall–Kier alpha value is -2.87. The number of carbonyl (C=O) groups excluding carboxylic acids is 1. The van der Waals surface area contributed by atoms with Crippen molar-refractivity contribution in [2.24, 2.45) is 28.2 Å². The normalized spacial score (nSPS) is 32.1. The first-order valence-corrected chi connectivity index (χ1v) is 13.5. The zero-order valence-electron chi connectivity index (χ0n) is 22.2. The predicted molar refractivity (Wildman–Crippen MR) is 137 cm³/mol. The summed E-state index contributed by atoms with van der Waals surface area (Å²) in [7, 11) is 3.70. The molecule has 1 amide bonds. The molecule has 5 fully saturated rings. The van der Waals surface area contributed by atoms with Crippen LogP contribution < -0.4 is 10.2 Å². The second-order valence-electron chi connectivity index (χ2n) is 11.8. The molecule has 2 heterocycles. The molecule has 11 heteroatoms. The molecule has 206 valence electrons. The van der Waals surface area contributed by atoms with Crippen LogP contribution in [0.1, 0.15) is 44.6 Å². The van der Waals surface area contributed by atoms with Crippen LogP contribution in [-0.4, -0.2) is 78.9 Å². The Morgan fingerprint density at radius 3 is 2.37 bits per heavy atom. The number of amides is 1. The standard InChI is InChI=1S/C27H36F3N7O/c1-17(36-6-8-37(9-7-36)22-5-4-21(15-32-22)27(28,29)30)24(33-16-31)34-23-19-10-18-11-20(23)14-26(12-18,13-19)25(38)35(2)3/h4-5,15,17-20,23H,6-14H2,1-3H3,(H,33,34)/t17-,18?,19?,20?,23?,26?/m1/s1. The van der Waals surface area contributed by atoms with E-state index in [1.54, 1.807) is 4.90 Å². The second kappa shape index (κ2) is 10.0. The van der Waals surface area contributed by atoms with Gasteiger partial charge in [-0.05, 0) is 68.9 Å². The Morgan fingerprint density at radius 2 is 1.84 bits per heavy atom. The number of nitrogens with zero attached hydrogens (tertiary/aromatic N) is 6. The van der Waals surface area contributed by atoms with E-state index in [1.165, 1.54) is 6.07 Å². The number of nitriles is 1. The summed E-state index contributed by atoms with van der Waals surface area (Å²) in [5.74, 6) is 2.83. The molecule has 38 heavy (non-hydrogen) atoms. The number of nitrogens with one attached hydrogen (secondary N) is 1. The monoisotopic (exact) mass is 531 g/mol. The van der Waals surface area contributed by atoms with Gasteiger partial charge in [0.1, 0.15) is 11.7 Å². The van der Waals surface area contributed by atoms with E-state index in [9.17, 15) is 23.2 Å². The molecule has 3 atom stereocenters. The molecule has 1 aromatic heterocycles. The van der Waals surface area contributed by atoms with E-state index < -0.39 is 11.7 Å². The highest BCUT2D eigenvalue weighted by molar-refractivity contribution is 5.88. The van der Waals surface area contributed by atoms with Crippen molar-refractivity contribution in [3.63, 3.8) is 0 Å². The molecule has 1 aromatic rings. The molecule has 4 bridgehead atoms. The lowest BCUT2D eigenvalue weighted by atomic mass is 9.47. The summed E-state index contributed by atoms with van der Waals surface area (Å²) in [6.45, 7) is 4.64. The topological polar surface area (TPSA) is 87.9 Å². The number of carbonyl (C=O) groups is 1. The highest BCUT2D eigenvalue weighted by atomic mass is 19.4. The Labute approximate surface area is 221 Å². The van der Waals surface area contributed by atoms with E-state index in [0.29, 0.717) is 55.6 Å². The number of halogens is 3. The van der Waals surface area contributed by atoms with Gasteiger partial charge in [0.25, 0.3) is 0 Å². The molecule has 1 aliphatic heterocycles. The number of hydrogen-bond donors (Lipinski definition) is 1. The van der Waals surface area contributed by atoms with Crippen molar-refractivity contribution in [1.29, 1.82) is 5.26 Å². The molecule has 5 aliphatic rings. The quantitative estimate of drug-likeness (QED) is 0.356. The van der Waals surface area contributed by atoms with Crippen molar-refractivity contribution in [1.82, 2.24) is 20.1 Å². The van der Waals surface area contributed by atoms with Gasteiger partial charge in [0.2, 0.25) is 12.1 Å². The van der Waals surface area contributed by atoms with Crippen LogP contribution in [-0.2, 0) is 11.0 Å². The van der Waals surface area contributed by atoms with Gasteiger partial charge in [-0.1, -0.05) is 0 Å². The van der Waals surface area contributed by atoms with Crippen LogP contribution in [0.4, 0.5) is 19.0 Å². The number of anilines is 1. The van der Waals surface area contributed by atoms with Crippen molar-refractivity contribution < 1.29 is 18.0 Å². The molecule has 4 saturated carbocycles. The number of hydrogen-bond acceptors (Lipinski definition) is 6. The average molecular weight is 532 g/mol. The first-order chi connectivity index (χ1) is 18.0. The van der Waals surface area contributed by atoms with Crippen LogP contribution in [0.25, 0.3) is 0 Å². The van der Waals surface area contributed by atoms with Crippen molar-refractivity contribution in [3.8, 4) is 6.19 Å². The summed E-state index contributed by atoms with van der Waals surface area (Å²) in [5, 5.41) is 13.1. The van der Waals surface area contributed by atoms with Gasteiger partial charge in [-0.25, -0.2) is 4.98 Å². The SMILES string of the molecule is C[C@H](/C(=N\C#N)NC1C2CC3CC1CC(C(=O)N(C)C)(C3)C2)N1CCN(c2ccc(C(F)(F)F)cn2)CC1. The maximum atomic E-state index is 13.1. The van der Waals surface area contributed by atoms with Crippen LogP contribution >= 0.6 is 0 Å². The number of rotatable bonds is 5. The summed E-state index contributed by atoms with van der Waals surface area (Å²) < 4.78 is 38.6. The molecule has 0 radical (unpaired) electrons. The zero-order valence-corrected chi connectivity index (χ0v) is 22.2. The molecule has 4 aliphatic carbocycles.